The van der Waals surface area contributed by atoms with Crippen molar-refractivity contribution in [2.75, 3.05) is 6.61 Å². The van der Waals surface area contributed by atoms with Crippen LogP contribution in [0.4, 0.5) is 0 Å². The molecule has 78 valence electrons. The highest BCUT2D eigenvalue weighted by Crippen LogP contribution is 1.99. The second kappa shape index (κ2) is 5.96. The molecule has 0 rings (SSSR count). The van der Waals surface area contributed by atoms with Gasteiger partial charge in [0.05, 0.1) is 6.61 Å². The Kier molecular flexibility index (Phi) is 5.29. The molecular formula is C10H14O4. The quantitative estimate of drug-likeness (QED) is 0.413. The summed E-state index contributed by atoms with van der Waals surface area (Å²) in [6, 6.07) is 0. The van der Waals surface area contributed by atoms with Crippen molar-refractivity contribution in [1.82, 2.24) is 0 Å². The van der Waals surface area contributed by atoms with E-state index in [1.54, 1.807) is 0 Å². The van der Waals surface area contributed by atoms with Gasteiger partial charge in [-0.1, -0.05) is 13.5 Å². The molecule has 0 heterocycles. The normalized spacial score (nSPS) is 10.9. The van der Waals surface area contributed by atoms with Gasteiger partial charge in [-0.25, -0.2) is 4.79 Å². The summed E-state index contributed by atoms with van der Waals surface area (Å²) in [5.41, 5.74) is 0.250. The number of carbonyl (C=O) groups is 2. The van der Waals surface area contributed by atoms with E-state index in [1.807, 2.05) is 6.92 Å². The fraction of sp³-hybridized carbons (Fsp3) is 0.400. The van der Waals surface area contributed by atoms with Gasteiger partial charge in [0.1, 0.15) is 0 Å². The van der Waals surface area contributed by atoms with Crippen LogP contribution in [0.1, 0.15) is 20.3 Å². The number of aliphatic hydroxyl groups excluding tert-OH is 1. The van der Waals surface area contributed by atoms with Crippen molar-refractivity contribution in [3.63, 3.8) is 0 Å². The van der Waals surface area contributed by atoms with Gasteiger partial charge in [-0.2, -0.15) is 0 Å². The van der Waals surface area contributed by atoms with Gasteiger partial charge in [0.15, 0.2) is 5.78 Å². The fourth-order valence-electron chi connectivity index (χ4n) is 0.575. The van der Waals surface area contributed by atoms with Gasteiger partial charge < -0.3 is 9.84 Å². The number of ketones is 1. The number of rotatable bonds is 5. The molecule has 0 spiro atoms. The molecule has 0 saturated carbocycles. The van der Waals surface area contributed by atoms with Gasteiger partial charge in [-0.05, 0) is 18.9 Å². The zero-order chi connectivity index (χ0) is 11.1. The Morgan fingerprint density at radius 2 is 2.07 bits per heavy atom. The van der Waals surface area contributed by atoms with E-state index in [2.05, 4.69) is 11.3 Å². The molecule has 0 bridgehead atoms. The first-order valence-electron chi connectivity index (χ1n) is 4.26. The molecule has 0 saturated heterocycles. The number of hydrogen-bond donors (Lipinski definition) is 1. The highest BCUT2D eigenvalue weighted by molar-refractivity contribution is 6.06. The minimum absolute atomic E-state index is 0.220. The maximum absolute atomic E-state index is 11.0. The molecule has 0 aromatic rings. The minimum Gasteiger partial charge on any atom is -0.502 e. The van der Waals surface area contributed by atoms with Gasteiger partial charge in [0.25, 0.3) is 0 Å². The zero-order valence-electron chi connectivity index (χ0n) is 8.37. The third-order valence-corrected chi connectivity index (χ3v) is 1.33. The number of esters is 1. The topological polar surface area (TPSA) is 63.6 Å². The second-order valence-corrected chi connectivity index (χ2v) is 2.81. The molecule has 0 unspecified atom stereocenters. The molecule has 1 N–H and O–H groups in total. The van der Waals surface area contributed by atoms with Crippen molar-refractivity contribution in [3.8, 4) is 0 Å². The fourth-order valence-corrected chi connectivity index (χ4v) is 0.575. The van der Waals surface area contributed by atoms with E-state index in [0.29, 0.717) is 6.42 Å². The average Bonchev–Trinajstić information content (AvgIpc) is 2.13. The van der Waals surface area contributed by atoms with E-state index in [0.717, 1.165) is 6.08 Å². The molecule has 14 heavy (non-hydrogen) atoms. The van der Waals surface area contributed by atoms with Crippen LogP contribution >= 0.6 is 0 Å². The SMILES string of the molecule is C=C(C)C(=O)C=C(O)C(=O)OCCC. The summed E-state index contributed by atoms with van der Waals surface area (Å²) in [6.07, 6.45) is 1.47. The molecule has 0 amide bonds. The average molecular weight is 198 g/mol. The Bertz CT molecular complexity index is 276. The van der Waals surface area contributed by atoms with Crippen molar-refractivity contribution >= 4 is 11.8 Å². The van der Waals surface area contributed by atoms with Crippen LogP contribution in [0.5, 0.6) is 0 Å². The first-order valence-corrected chi connectivity index (χ1v) is 4.26. The highest BCUT2D eigenvalue weighted by atomic mass is 16.5. The molecule has 0 aliphatic rings. The number of carbonyl (C=O) groups excluding carboxylic acids is 2. The third-order valence-electron chi connectivity index (χ3n) is 1.33. The highest BCUT2D eigenvalue weighted by Gasteiger charge is 2.10. The maximum Gasteiger partial charge on any atom is 0.373 e. The number of allylic oxidation sites excluding steroid dienone is 2. The first kappa shape index (κ1) is 12.4. The lowest BCUT2D eigenvalue weighted by Crippen LogP contribution is -2.10. The Morgan fingerprint density at radius 1 is 1.50 bits per heavy atom. The van der Waals surface area contributed by atoms with Crippen LogP contribution in [0.25, 0.3) is 0 Å². The molecular weight excluding hydrogens is 184 g/mol. The van der Waals surface area contributed by atoms with E-state index in [1.165, 1.54) is 6.92 Å². The van der Waals surface area contributed by atoms with Crippen molar-refractivity contribution in [2.24, 2.45) is 0 Å². The number of hydrogen-bond acceptors (Lipinski definition) is 4. The Morgan fingerprint density at radius 3 is 2.50 bits per heavy atom. The van der Waals surface area contributed by atoms with E-state index >= 15 is 0 Å². The lowest BCUT2D eigenvalue weighted by molar-refractivity contribution is -0.142. The molecule has 0 aliphatic carbocycles. The Hall–Kier alpha value is -1.58. The van der Waals surface area contributed by atoms with Crippen LogP contribution in [-0.2, 0) is 14.3 Å². The van der Waals surface area contributed by atoms with Crippen LogP contribution in [-0.4, -0.2) is 23.5 Å². The van der Waals surface area contributed by atoms with Gasteiger partial charge in [-0.15, -0.1) is 0 Å². The van der Waals surface area contributed by atoms with Crippen molar-refractivity contribution < 1.29 is 19.4 Å². The standard InChI is InChI=1S/C10H14O4/c1-4-5-14-10(13)9(12)6-8(11)7(2)3/h6,12H,2,4-5H2,1,3H3. The third kappa shape index (κ3) is 4.45. The number of ether oxygens (including phenoxy) is 1. The van der Waals surface area contributed by atoms with Crippen molar-refractivity contribution in [1.29, 1.82) is 0 Å². The second-order valence-electron chi connectivity index (χ2n) is 2.81. The molecule has 0 aliphatic heterocycles. The lowest BCUT2D eigenvalue weighted by Gasteiger charge is -2.01. The molecule has 0 fully saturated rings. The van der Waals surface area contributed by atoms with Crippen LogP contribution in [0.3, 0.4) is 0 Å². The predicted octanol–water partition coefficient (Wildman–Crippen LogP) is 1.53. The van der Waals surface area contributed by atoms with Gasteiger partial charge >= 0.3 is 5.97 Å². The van der Waals surface area contributed by atoms with Crippen LogP contribution in [0.2, 0.25) is 0 Å². The van der Waals surface area contributed by atoms with Gasteiger partial charge in [0.2, 0.25) is 5.76 Å². The van der Waals surface area contributed by atoms with Gasteiger partial charge in [0, 0.05) is 6.08 Å². The molecule has 4 heteroatoms. The summed E-state index contributed by atoms with van der Waals surface area (Å²) in [7, 11) is 0. The molecule has 0 aromatic heterocycles. The van der Waals surface area contributed by atoms with Crippen molar-refractivity contribution in [2.45, 2.75) is 20.3 Å². The summed E-state index contributed by atoms with van der Waals surface area (Å²) in [4.78, 5) is 21.9. The lowest BCUT2D eigenvalue weighted by atomic mass is 10.2. The summed E-state index contributed by atoms with van der Waals surface area (Å²) in [6.45, 7) is 6.91. The summed E-state index contributed by atoms with van der Waals surface area (Å²) in [5.74, 6) is -2.07. The summed E-state index contributed by atoms with van der Waals surface area (Å²) >= 11 is 0. The smallest absolute Gasteiger partial charge is 0.373 e. The van der Waals surface area contributed by atoms with E-state index in [9.17, 15) is 9.59 Å². The Labute approximate surface area is 82.9 Å². The molecule has 4 nitrogen and oxygen atoms in total. The predicted molar refractivity (Wildman–Crippen MR) is 51.8 cm³/mol. The van der Waals surface area contributed by atoms with E-state index in [4.69, 9.17) is 5.11 Å². The largest absolute Gasteiger partial charge is 0.502 e. The monoisotopic (exact) mass is 198 g/mol. The van der Waals surface area contributed by atoms with Gasteiger partial charge in [-0.3, -0.25) is 4.79 Å². The first-order chi connectivity index (χ1) is 6.49. The Balaban J connectivity index is 4.30. The maximum atomic E-state index is 11.0. The van der Waals surface area contributed by atoms with Crippen LogP contribution in [0, 0.1) is 0 Å². The number of aliphatic hydroxyl groups is 1. The van der Waals surface area contributed by atoms with E-state index in [-0.39, 0.29) is 12.2 Å². The summed E-state index contributed by atoms with van der Waals surface area (Å²) in [5, 5.41) is 9.09. The molecule has 0 aromatic carbocycles. The summed E-state index contributed by atoms with van der Waals surface area (Å²) < 4.78 is 4.59. The van der Waals surface area contributed by atoms with E-state index < -0.39 is 17.5 Å². The van der Waals surface area contributed by atoms with Crippen molar-refractivity contribution in [3.05, 3.63) is 24.0 Å². The zero-order valence-corrected chi connectivity index (χ0v) is 8.37. The molecule has 0 radical (unpaired) electrons. The van der Waals surface area contributed by atoms with Crippen LogP contribution in [0.15, 0.2) is 24.0 Å². The molecule has 0 atom stereocenters. The minimum atomic E-state index is -0.888. The van der Waals surface area contributed by atoms with Crippen LogP contribution < -0.4 is 0 Å².